The minimum Gasteiger partial charge on any atom is -0.367 e. The number of carbonyl (C=O) groups excluding carboxylic acids is 1. The second kappa shape index (κ2) is 7.06. The highest BCUT2D eigenvalue weighted by Crippen LogP contribution is 2.42. The average molecular weight is 413 g/mol. The predicted molar refractivity (Wildman–Crippen MR) is 99.3 cm³/mol. The molecule has 0 spiro atoms. The predicted octanol–water partition coefficient (Wildman–Crippen LogP) is 4.26. The number of amides is 1. The Morgan fingerprint density at radius 3 is 2.82 bits per heavy atom. The Kier molecular flexibility index (Phi) is 4.84. The third-order valence-electron chi connectivity index (χ3n) is 5.55. The van der Waals surface area contributed by atoms with E-state index in [1.54, 1.807) is 21.9 Å². The number of rotatable bonds is 3. The molecule has 0 aromatic carbocycles. The zero-order chi connectivity index (χ0) is 20.1. The number of nitrogens with zero attached hydrogens (tertiary/aromatic N) is 4. The number of anilines is 1. The molecule has 1 N–H and O–H groups in total. The molecule has 1 fully saturated rings. The van der Waals surface area contributed by atoms with Crippen LogP contribution in [-0.4, -0.2) is 44.3 Å². The van der Waals surface area contributed by atoms with Crippen molar-refractivity contribution in [3.63, 3.8) is 0 Å². The number of fused-ring (bicyclic) bond motifs is 1. The lowest BCUT2D eigenvalue weighted by molar-refractivity contribution is -0.174. The molecular formula is C18H22F3N5OS. The number of halogens is 3. The number of nitrogens with one attached hydrogen (secondary N) is 1. The van der Waals surface area contributed by atoms with Gasteiger partial charge in [-0.2, -0.15) is 18.3 Å². The molecule has 10 heteroatoms. The minimum atomic E-state index is -4.38. The van der Waals surface area contributed by atoms with Gasteiger partial charge in [-0.3, -0.25) is 4.79 Å². The van der Waals surface area contributed by atoms with E-state index < -0.39 is 12.2 Å². The zero-order valence-corrected chi connectivity index (χ0v) is 16.4. The molecule has 2 aliphatic heterocycles. The fraction of sp³-hybridized carbons (Fsp3) is 0.611. The number of hydrogen-bond donors (Lipinski definition) is 1. The van der Waals surface area contributed by atoms with Gasteiger partial charge in [0.2, 0.25) is 0 Å². The molecule has 1 amide bonds. The minimum absolute atomic E-state index is 0.0541. The number of hydrogen-bond acceptors (Lipinski definition) is 5. The van der Waals surface area contributed by atoms with Crippen molar-refractivity contribution >= 4 is 23.1 Å². The summed E-state index contributed by atoms with van der Waals surface area (Å²) < 4.78 is 42.1. The van der Waals surface area contributed by atoms with Gasteiger partial charge in [-0.05, 0) is 25.2 Å². The van der Waals surface area contributed by atoms with Gasteiger partial charge in [0.05, 0.1) is 17.2 Å². The summed E-state index contributed by atoms with van der Waals surface area (Å²) in [5, 5.41) is 9.20. The molecule has 0 saturated carbocycles. The van der Waals surface area contributed by atoms with E-state index in [0.717, 1.165) is 11.1 Å². The van der Waals surface area contributed by atoms with Crippen molar-refractivity contribution < 1.29 is 18.0 Å². The van der Waals surface area contributed by atoms with Gasteiger partial charge in [-0.25, -0.2) is 9.67 Å². The lowest BCUT2D eigenvalue weighted by Crippen LogP contribution is -2.41. The topological polar surface area (TPSA) is 63.1 Å². The Morgan fingerprint density at radius 2 is 2.18 bits per heavy atom. The smallest absolute Gasteiger partial charge is 0.367 e. The van der Waals surface area contributed by atoms with Crippen LogP contribution in [0.2, 0.25) is 0 Å². The van der Waals surface area contributed by atoms with E-state index in [1.807, 2.05) is 13.8 Å². The van der Waals surface area contributed by atoms with Gasteiger partial charge in [0.1, 0.15) is 11.5 Å². The van der Waals surface area contributed by atoms with Crippen molar-refractivity contribution in [1.29, 1.82) is 0 Å². The molecule has 2 aliphatic rings. The standard InChI is InChI=1S/C18H22F3N5OS/c1-10(2)11-6-15(18(19,20)21)26-16(23-11)7-12(24-26)14-4-3-5-25(14)17(27)13-8-28-9-22-13/h7-11,14-15,23H,3-6H2,1-2H3/t11-,14?,15+/m0/s1. The van der Waals surface area contributed by atoms with E-state index in [9.17, 15) is 18.0 Å². The first-order chi connectivity index (χ1) is 13.3. The summed E-state index contributed by atoms with van der Waals surface area (Å²) >= 11 is 1.34. The van der Waals surface area contributed by atoms with E-state index in [4.69, 9.17) is 0 Å². The maximum absolute atomic E-state index is 13.7. The van der Waals surface area contributed by atoms with Gasteiger partial charge in [0.25, 0.3) is 5.91 Å². The molecule has 3 atom stereocenters. The zero-order valence-electron chi connectivity index (χ0n) is 15.6. The Hall–Kier alpha value is -2.10. The van der Waals surface area contributed by atoms with Crippen molar-refractivity contribution in [2.45, 2.75) is 57.4 Å². The molecule has 4 heterocycles. The first kappa shape index (κ1) is 19.2. The summed E-state index contributed by atoms with van der Waals surface area (Å²) in [6.45, 7) is 4.36. The van der Waals surface area contributed by atoms with Crippen LogP contribution in [0.3, 0.4) is 0 Å². The third kappa shape index (κ3) is 3.38. The summed E-state index contributed by atoms with van der Waals surface area (Å²) in [5.74, 6) is 0.233. The van der Waals surface area contributed by atoms with Crippen molar-refractivity contribution in [2.24, 2.45) is 5.92 Å². The van der Waals surface area contributed by atoms with Crippen LogP contribution >= 0.6 is 11.3 Å². The van der Waals surface area contributed by atoms with Crippen molar-refractivity contribution in [3.05, 3.63) is 28.3 Å². The monoisotopic (exact) mass is 413 g/mol. The largest absolute Gasteiger partial charge is 0.410 e. The van der Waals surface area contributed by atoms with E-state index in [0.29, 0.717) is 30.2 Å². The van der Waals surface area contributed by atoms with Crippen molar-refractivity contribution in [2.75, 3.05) is 11.9 Å². The second-order valence-corrected chi connectivity index (χ2v) is 8.44. The van der Waals surface area contributed by atoms with Gasteiger partial charge in [-0.1, -0.05) is 13.8 Å². The Bertz CT molecular complexity index is 848. The van der Waals surface area contributed by atoms with Crippen molar-refractivity contribution in [3.8, 4) is 0 Å². The van der Waals surface area contributed by atoms with Gasteiger partial charge < -0.3 is 10.2 Å². The van der Waals surface area contributed by atoms with E-state index >= 15 is 0 Å². The Morgan fingerprint density at radius 1 is 1.39 bits per heavy atom. The van der Waals surface area contributed by atoms with Crippen LogP contribution in [-0.2, 0) is 0 Å². The maximum Gasteiger partial charge on any atom is 0.410 e. The highest BCUT2D eigenvalue weighted by molar-refractivity contribution is 7.07. The van der Waals surface area contributed by atoms with Crippen molar-refractivity contribution in [1.82, 2.24) is 19.7 Å². The number of likely N-dealkylation sites (tertiary alicyclic amines) is 1. The SMILES string of the molecule is CC(C)[C@@H]1C[C@H](C(F)(F)F)n2nc(C3CCCN3C(=O)c3cscn3)cc2N1. The second-order valence-electron chi connectivity index (χ2n) is 7.72. The molecule has 0 aliphatic carbocycles. The molecule has 1 saturated heterocycles. The van der Waals surface area contributed by atoms with Crippen LogP contribution < -0.4 is 5.32 Å². The van der Waals surface area contributed by atoms with Gasteiger partial charge in [0.15, 0.2) is 6.04 Å². The molecule has 28 heavy (non-hydrogen) atoms. The average Bonchev–Trinajstić information content (AvgIpc) is 3.38. The summed E-state index contributed by atoms with van der Waals surface area (Å²) in [6.07, 6.45) is -2.97. The normalized spacial score (nSPS) is 25.1. The third-order valence-corrected chi connectivity index (χ3v) is 6.14. The Labute approximate surface area is 164 Å². The fourth-order valence-electron chi connectivity index (χ4n) is 4.00. The van der Waals surface area contributed by atoms with Crippen LogP contribution in [0, 0.1) is 5.92 Å². The molecule has 152 valence electrons. The van der Waals surface area contributed by atoms with Gasteiger partial charge in [0, 0.05) is 24.0 Å². The number of thiazole rings is 1. The first-order valence-electron chi connectivity index (χ1n) is 9.37. The van der Waals surface area contributed by atoms with Crippen LogP contribution in [0.4, 0.5) is 19.0 Å². The summed E-state index contributed by atoms with van der Waals surface area (Å²) in [4.78, 5) is 18.5. The first-order valence-corrected chi connectivity index (χ1v) is 10.3. The summed E-state index contributed by atoms with van der Waals surface area (Å²) in [6, 6.07) is -0.598. The highest BCUT2D eigenvalue weighted by atomic mass is 32.1. The van der Waals surface area contributed by atoms with Crippen LogP contribution in [0.25, 0.3) is 0 Å². The molecule has 6 nitrogen and oxygen atoms in total. The van der Waals surface area contributed by atoms with E-state index in [-0.39, 0.29) is 30.3 Å². The number of alkyl halides is 3. The molecule has 1 unspecified atom stereocenters. The summed E-state index contributed by atoms with van der Waals surface area (Å²) in [7, 11) is 0. The molecule has 2 aromatic heterocycles. The maximum atomic E-state index is 13.7. The van der Waals surface area contributed by atoms with E-state index in [1.165, 1.54) is 11.3 Å². The van der Waals surface area contributed by atoms with Crippen LogP contribution in [0.15, 0.2) is 17.0 Å². The quantitative estimate of drug-likeness (QED) is 0.817. The molecular weight excluding hydrogens is 391 g/mol. The van der Waals surface area contributed by atoms with Gasteiger partial charge in [-0.15, -0.1) is 11.3 Å². The van der Waals surface area contributed by atoms with Gasteiger partial charge >= 0.3 is 6.18 Å². The lowest BCUT2D eigenvalue weighted by Gasteiger charge is -2.35. The van der Waals surface area contributed by atoms with Crippen LogP contribution in [0.5, 0.6) is 0 Å². The molecule has 0 bridgehead atoms. The number of aromatic nitrogens is 3. The fourth-order valence-corrected chi connectivity index (χ4v) is 4.53. The molecule has 2 aromatic rings. The molecule has 4 rings (SSSR count). The van der Waals surface area contributed by atoms with Crippen LogP contribution in [0.1, 0.15) is 61.4 Å². The summed E-state index contributed by atoms with van der Waals surface area (Å²) in [5.41, 5.74) is 2.46. The Balaban J connectivity index is 1.66. The highest BCUT2D eigenvalue weighted by Gasteiger charge is 2.47. The van der Waals surface area contributed by atoms with E-state index in [2.05, 4.69) is 15.4 Å². The lowest BCUT2D eigenvalue weighted by atomic mass is 9.94. The molecule has 0 radical (unpaired) electrons. The number of carbonyl (C=O) groups is 1.